The van der Waals surface area contributed by atoms with Crippen LogP contribution in [-0.4, -0.2) is 16.2 Å². The molecule has 4 nitrogen and oxygen atoms in total. The Kier molecular flexibility index (Phi) is 3.53. The normalized spacial score (nSPS) is 17.0. The summed E-state index contributed by atoms with van der Waals surface area (Å²) >= 11 is 0. The molecule has 1 heterocycles. The van der Waals surface area contributed by atoms with Crippen molar-refractivity contribution in [3.05, 3.63) is 41.6 Å². The first-order chi connectivity index (χ1) is 10.2. The standard InChI is InChI=1S/C17H19NO3/c1-2-12-5-7-13(8-6-12)14-11-15(18-21-14)17(16(19)20)9-3-4-10-17/h5-8,11H,2-4,9-10H2,1H3,(H,19,20). The number of benzene rings is 1. The summed E-state index contributed by atoms with van der Waals surface area (Å²) in [5.74, 6) is -0.152. The highest BCUT2D eigenvalue weighted by Gasteiger charge is 2.45. The van der Waals surface area contributed by atoms with Crippen LogP contribution in [0.3, 0.4) is 0 Å². The molecule has 21 heavy (non-hydrogen) atoms. The van der Waals surface area contributed by atoms with Gasteiger partial charge in [-0.2, -0.15) is 0 Å². The molecule has 0 radical (unpaired) electrons. The summed E-state index contributed by atoms with van der Waals surface area (Å²) in [6.07, 6.45) is 4.13. The van der Waals surface area contributed by atoms with Gasteiger partial charge in [0.1, 0.15) is 11.1 Å². The monoisotopic (exact) mass is 285 g/mol. The second-order valence-corrected chi connectivity index (χ2v) is 5.72. The van der Waals surface area contributed by atoms with Crippen LogP contribution < -0.4 is 0 Å². The third kappa shape index (κ3) is 2.35. The molecule has 2 aromatic rings. The first-order valence-electron chi connectivity index (χ1n) is 7.45. The molecular formula is C17H19NO3. The van der Waals surface area contributed by atoms with Crippen molar-refractivity contribution in [2.45, 2.75) is 44.4 Å². The van der Waals surface area contributed by atoms with Crippen molar-refractivity contribution in [2.75, 3.05) is 0 Å². The van der Waals surface area contributed by atoms with Gasteiger partial charge in [-0.05, 0) is 24.8 Å². The van der Waals surface area contributed by atoms with Gasteiger partial charge < -0.3 is 9.63 Å². The number of hydrogen-bond acceptors (Lipinski definition) is 3. The molecule has 110 valence electrons. The molecule has 0 unspecified atom stereocenters. The minimum atomic E-state index is -0.856. The maximum absolute atomic E-state index is 11.7. The fourth-order valence-corrected chi connectivity index (χ4v) is 3.10. The number of carbonyl (C=O) groups is 1. The molecule has 1 aliphatic carbocycles. The van der Waals surface area contributed by atoms with Crippen molar-refractivity contribution in [3.8, 4) is 11.3 Å². The van der Waals surface area contributed by atoms with Gasteiger partial charge >= 0.3 is 5.97 Å². The van der Waals surface area contributed by atoms with Crippen molar-refractivity contribution in [1.82, 2.24) is 5.16 Å². The van der Waals surface area contributed by atoms with E-state index in [0.717, 1.165) is 24.8 Å². The van der Waals surface area contributed by atoms with E-state index in [2.05, 4.69) is 24.2 Å². The number of aryl methyl sites for hydroxylation is 1. The minimum Gasteiger partial charge on any atom is -0.481 e. The largest absolute Gasteiger partial charge is 0.481 e. The number of carboxylic acids is 1. The summed E-state index contributed by atoms with van der Waals surface area (Å²) < 4.78 is 5.40. The highest BCUT2D eigenvalue weighted by molar-refractivity contribution is 5.81. The van der Waals surface area contributed by atoms with E-state index in [0.29, 0.717) is 24.3 Å². The van der Waals surface area contributed by atoms with E-state index in [4.69, 9.17) is 4.52 Å². The van der Waals surface area contributed by atoms with E-state index in [1.807, 2.05) is 12.1 Å². The van der Waals surface area contributed by atoms with Crippen LogP contribution in [0.5, 0.6) is 0 Å². The minimum absolute atomic E-state index is 0.557. The van der Waals surface area contributed by atoms with Crippen molar-refractivity contribution < 1.29 is 14.4 Å². The second kappa shape index (κ2) is 5.35. The van der Waals surface area contributed by atoms with Crippen LogP contribution >= 0.6 is 0 Å². The van der Waals surface area contributed by atoms with Crippen molar-refractivity contribution in [1.29, 1.82) is 0 Å². The molecule has 1 aromatic carbocycles. The Morgan fingerprint density at radius 1 is 1.29 bits per heavy atom. The van der Waals surface area contributed by atoms with Gasteiger partial charge in [-0.1, -0.05) is 49.2 Å². The molecule has 0 saturated heterocycles. The maximum atomic E-state index is 11.7. The first kappa shape index (κ1) is 13.9. The fraction of sp³-hybridized carbons (Fsp3) is 0.412. The van der Waals surface area contributed by atoms with E-state index in [1.54, 1.807) is 6.07 Å². The Balaban J connectivity index is 1.93. The van der Waals surface area contributed by atoms with Gasteiger partial charge in [0.2, 0.25) is 0 Å². The van der Waals surface area contributed by atoms with Crippen LogP contribution in [0.25, 0.3) is 11.3 Å². The number of aromatic nitrogens is 1. The quantitative estimate of drug-likeness (QED) is 0.928. The smallest absolute Gasteiger partial charge is 0.315 e. The topological polar surface area (TPSA) is 63.3 Å². The van der Waals surface area contributed by atoms with E-state index in [-0.39, 0.29) is 0 Å². The Morgan fingerprint density at radius 3 is 2.52 bits per heavy atom. The van der Waals surface area contributed by atoms with E-state index < -0.39 is 11.4 Å². The molecule has 1 aromatic heterocycles. The van der Waals surface area contributed by atoms with E-state index >= 15 is 0 Å². The molecular weight excluding hydrogens is 266 g/mol. The van der Waals surface area contributed by atoms with Crippen LogP contribution in [0.15, 0.2) is 34.9 Å². The molecule has 1 N–H and O–H groups in total. The predicted molar refractivity (Wildman–Crippen MR) is 79.1 cm³/mol. The third-order valence-corrected chi connectivity index (χ3v) is 4.51. The number of aliphatic carboxylic acids is 1. The average molecular weight is 285 g/mol. The molecule has 4 heteroatoms. The van der Waals surface area contributed by atoms with Gasteiger partial charge in [-0.3, -0.25) is 4.79 Å². The lowest BCUT2D eigenvalue weighted by Crippen LogP contribution is -2.32. The van der Waals surface area contributed by atoms with Gasteiger partial charge in [0.15, 0.2) is 5.76 Å². The van der Waals surface area contributed by atoms with Gasteiger partial charge in [0.05, 0.1) is 0 Å². The summed E-state index contributed by atoms with van der Waals surface area (Å²) in [5.41, 5.74) is 1.90. The van der Waals surface area contributed by atoms with Crippen LogP contribution in [-0.2, 0) is 16.6 Å². The first-order valence-corrected chi connectivity index (χ1v) is 7.45. The average Bonchev–Trinajstić information content (AvgIpc) is 3.17. The molecule has 0 spiro atoms. The number of hydrogen-bond donors (Lipinski definition) is 1. The van der Waals surface area contributed by atoms with Gasteiger partial charge in [-0.15, -0.1) is 0 Å². The number of nitrogens with zero attached hydrogens (tertiary/aromatic N) is 1. The highest BCUT2D eigenvalue weighted by Crippen LogP contribution is 2.41. The Morgan fingerprint density at radius 2 is 1.95 bits per heavy atom. The van der Waals surface area contributed by atoms with Crippen LogP contribution in [0.2, 0.25) is 0 Å². The van der Waals surface area contributed by atoms with Crippen LogP contribution in [0.4, 0.5) is 0 Å². The van der Waals surface area contributed by atoms with E-state index in [9.17, 15) is 9.90 Å². The third-order valence-electron chi connectivity index (χ3n) is 4.51. The van der Waals surface area contributed by atoms with Gasteiger partial charge in [0.25, 0.3) is 0 Å². The lowest BCUT2D eigenvalue weighted by molar-refractivity contribution is -0.143. The summed E-state index contributed by atoms with van der Waals surface area (Å²) in [7, 11) is 0. The zero-order valence-corrected chi connectivity index (χ0v) is 12.1. The molecule has 0 bridgehead atoms. The lowest BCUT2D eigenvalue weighted by atomic mass is 9.82. The van der Waals surface area contributed by atoms with Crippen molar-refractivity contribution in [3.63, 3.8) is 0 Å². The van der Waals surface area contributed by atoms with Gasteiger partial charge in [0, 0.05) is 11.6 Å². The summed E-state index contributed by atoms with van der Waals surface area (Å²) in [5, 5.41) is 13.6. The molecule has 0 aliphatic heterocycles. The summed E-state index contributed by atoms with van der Waals surface area (Å²) in [6.45, 7) is 2.11. The molecule has 1 aliphatic rings. The Bertz CT molecular complexity index is 636. The molecule has 1 fully saturated rings. The van der Waals surface area contributed by atoms with Crippen LogP contribution in [0, 0.1) is 0 Å². The molecule has 0 amide bonds. The Labute approximate surface area is 123 Å². The SMILES string of the molecule is CCc1ccc(-c2cc(C3(C(=O)O)CCCC3)no2)cc1. The second-order valence-electron chi connectivity index (χ2n) is 5.72. The maximum Gasteiger partial charge on any atom is 0.315 e. The molecule has 1 saturated carbocycles. The number of carboxylic acid groups (broad SMARTS) is 1. The van der Waals surface area contributed by atoms with Crippen LogP contribution in [0.1, 0.15) is 43.9 Å². The highest BCUT2D eigenvalue weighted by atomic mass is 16.5. The Hall–Kier alpha value is -2.10. The summed E-state index contributed by atoms with van der Waals surface area (Å²) in [6, 6.07) is 9.89. The number of rotatable bonds is 4. The molecule has 3 rings (SSSR count). The fourth-order valence-electron chi connectivity index (χ4n) is 3.10. The zero-order chi connectivity index (χ0) is 14.9. The predicted octanol–water partition coefficient (Wildman–Crippen LogP) is 3.80. The lowest BCUT2D eigenvalue weighted by Gasteiger charge is -2.19. The summed E-state index contributed by atoms with van der Waals surface area (Å²) in [4.78, 5) is 11.7. The van der Waals surface area contributed by atoms with Crippen molar-refractivity contribution >= 4 is 5.97 Å². The zero-order valence-electron chi connectivity index (χ0n) is 12.1. The van der Waals surface area contributed by atoms with Gasteiger partial charge in [-0.25, -0.2) is 0 Å². The van der Waals surface area contributed by atoms with E-state index in [1.165, 1.54) is 5.56 Å². The van der Waals surface area contributed by atoms with Crippen molar-refractivity contribution in [2.24, 2.45) is 0 Å². The molecule has 0 atom stereocenters.